The van der Waals surface area contributed by atoms with Crippen molar-refractivity contribution in [2.75, 3.05) is 33.0 Å². The van der Waals surface area contributed by atoms with E-state index in [9.17, 15) is 47.9 Å². The van der Waals surface area contributed by atoms with Crippen LogP contribution in [0.3, 0.4) is 0 Å². The quantitative estimate of drug-likeness (QED) is 0.0156. The van der Waals surface area contributed by atoms with E-state index < -0.39 is 172 Å². The molecule has 0 aliphatic rings. The van der Waals surface area contributed by atoms with E-state index in [2.05, 4.69) is 9.78 Å². The molecule has 2 atom stereocenters. The Labute approximate surface area is 590 Å². The van der Waals surface area contributed by atoms with Crippen molar-refractivity contribution in [3.63, 3.8) is 0 Å². The van der Waals surface area contributed by atoms with Crippen LogP contribution in [0.2, 0.25) is 0 Å². The monoisotopic (exact) mass is 1460 g/mol. The highest BCUT2D eigenvalue weighted by atomic mass is 28.2. The third-order valence-corrected chi connectivity index (χ3v) is 24.8. The molecule has 0 saturated carbocycles. The van der Waals surface area contributed by atoms with Gasteiger partial charge in [-0.25, -0.2) is 72.8 Å². The zero-order valence-electron chi connectivity index (χ0n) is 57.4. The summed E-state index contributed by atoms with van der Waals surface area (Å²) < 4.78 is 27.0. The average molecular weight is 1460 g/mol. The second-order valence-electron chi connectivity index (χ2n) is 23.0. The summed E-state index contributed by atoms with van der Waals surface area (Å²) in [4.78, 5) is 179. The van der Waals surface area contributed by atoms with Gasteiger partial charge in [0.25, 0.3) is 0 Å². The van der Waals surface area contributed by atoms with Crippen LogP contribution in [0.1, 0.15) is 134 Å². The minimum absolute atomic E-state index is 0.00768. The highest BCUT2D eigenvalue weighted by Gasteiger charge is 2.35. The molecule has 0 N–H and O–H groups in total. The van der Waals surface area contributed by atoms with Crippen molar-refractivity contribution in [1.29, 1.82) is 0 Å². The van der Waals surface area contributed by atoms with Crippen molar-refractivity contribution in [3.8, 4) is 0 Å². The molecule has 0 aliphatic carbocycles. The molecule has 0 aromatic heterocycles. The molecule has 5 aromatic carbocycles. The first-order valence-corrected chi connectivity index (χ1v) is 38.9. The van der Waals surface area contributed by atoms with Crippen molar-refractivity contribution < 1.29 is 121 Å². The molecule has 532 valence electrons. The molecular formula is C70H82O25Si5. The van der Waals surface area contributed by atoms with Crippen LogP contribution >= 0.6 is 0 Å². The fourth-order valence-electron chi connectivity index (χ4n) is 9.23. The normalized spacial score (nSPS) is 13.2. The Morgan fingerprint density at radius 2 is 0.470 bits per heavy atom. The van der Waals surface area contributed by atoms with E-state index in [1.807, 2.05) is 99.6 Å². The largest absolute Gasteiger partial charge is 0.549 e. The zero-order valence-corrected chi connectivity index (χ0v) is 64.4. The molecule has 0 heterocycles. The van der Waals surface area contributed by atoms with E-state index in [0.717, 1.165) is 25.9 Å². The topological polar surface area (TPSA) is 309 Å². The SMILES string of the molecule is CC=C(C)[SiH2]c1ccc(C(=O)OOC(=O)OCCC(COC(=O)OOC(=O)c2ccc([SiH2]C(C)=CC)cc2)C(COC(=O)OOC(=O)c2ccc([SiH2]C(C)=CC)cc2)C(CCOC(=O)OOC(=O)c2ccc([SiH2]C(C)=CC)cc2)COC(=O)OOC(=O)c2ccc([SiH2]C(C)=CC)cc2)cc1. The lowest BCUT2D eigenvalue weighted by Crippen LogP contribution is -2.37. The first-order chi connectivity index (χ1) is 48.0. The van der Waals surface area contributed by atoms with Crippen molar-refractivity contribution in [1.82, 2.24) is 0 Å². The van der Waals surface area contributed by atoms with Gasteiger partial charge in [0, 0.05) is 17.8 Å². The summed E-state index contributed by atoms with van der Waals surface area (Å²) in [6.07, 6.45) is 1.23. The highest BCUT2D eigenvalue weighted by Crippen LogP contribution is 2.30. The summed E-state index contributed by atoms with van der Waals surface area (Å²) in [5.41, 5.74) is 0.130. The minimum Gasteiger partial charge on any atom is -0.432 e. The summed E-state index contributed by atoms with van der Waals surface area (Å²) in [6, 6.07) is 32.3. The number of hydrogen-bond donors (Lipinski definition) is 0. The lowest BCUT2D eigenvalue weighted by molar-refractivity contribution is -0.210. The van der Waals surface area contributed by atoms with Crippen molar-refractivity contribution in [3.05, 3.63) is 206 Å². The molecule has 5 aromatic rings. The van der Waals surface area contributed by atoms with Crippen molar-refractivity contribution >= 4 is 134 Å². The number of carbonyl (C=O) groups is 10. The summed E-state index contributed by atoms with van der Waals surface area (Å²) in [6.45, 7) is 15.7. The Hall–Kier alpha value is -10.4. The van der Waals surface area contributed by atoms with Crippen LogP contribution in [0.4, 0.5) is 24.0 Å². The average Bonchev–Trinajstić information content (AvgIpc) is 0.904. The van der Waals surface area contributed by atoms with Crippen LogP contribution in [-0.2, 0) is 72.6 Å². The molecule has 0 fully saturated rings. The van der Waals surface area contributed by atoms with Gasteiger partial charge in [-0.3, -0.25) is 0 Å². The van der Waals surface area contributed by atoms with Crippen LogP contribution in [0.5, 0.6) is 0 Å². The van der Waals surface area contributed by atoms with Gasteiger partial charge in [0.1, 0.15) is 0 Å². The van der Waals surface area contributed by atoms with E-state index in [1.165, 1.54) is 86.6 Å². The van der Waals surface area contributed by atoms with E-state index in [1.54, 1.807) is 60.7 Å². The zero-order chi connectivity index (χ0) is 72.9. The van der Waals surface area contributed by atoms with Gasteiger partial charge in [-0.1, -0.05) is 143 Å². The fourth-order valence-corrected chi connectivity index (χ4v) is 15.8. The van der Waals surface area contributed by atoms with Gasteiger partial charge in [0.05, 0.1) is 108 Å². The number of ether oxygens (including phenoxy) is 5. The first kappa shape index (κ1) is 80.3. The molecule has 30 heteroatoms. The predicted octanol–water partition coefficient (Wildman–Crippen LogP) is 6.83. The van der Waals surface area contributed by atoms with Gasteiger partial charge in [0.2, 0.25) is 0 Å². The molecule has 100 heavy (non-hydrogen) atoms. The summed E-state index contributed by atoms with van der Waals surface area (Å²) in [5.74, 6) is -9.38. The van der Waals surface area contributed by atoms with E-state index in [4.69, 9.17) is 62.8 Å². The lowest BCUT2D eigenvalue weighted by atomic mass is 9.79. The molecular weight excluding hydrogens is 1380 g/mol. The van der Waals surface area contributed by atoms with Gasteiger partial charge in [-0.05, 0) is 143 Å². The fraction of sp³-hybridized carbons (Fsp3) is 0.286. The highest BCUT2D eigenvalue weighted by molar-refractivity contribution is 6.62. The smallest absolute Gasteiger partial charge is 0.432 e. The van der Waals surface area contributed by atoms with Gasteiger partial charge >= 0.3 is 60.6 Å². The molecule has 0 aliphatic heterocycles. The van der Waals surface area contributed by atoms with Crippen LogP contribution in [0.25, 0.3) is 0 Å². The lowest BCUT2D eigenvalue weighted by Gasteiger charge is -2.32. The predicted molar refractivity (Wildman–Crippen MR) is 379 cm³/mol. The van der Waals surface area contributed by atoms with Crippen molar-refractivity contribution in [2.45, 2.75) is 82.1 Å². The maximum Gasteiger partial charge on any atom is 0.549 e. The van der Waals surface area contributed by atoms with Crippen molar-refractivity contribution in [2.24, 2.45) is 17.8 Å². The number of benzene rings is 5. The van der Waals surface area contributed by atoms with Gasteiger partial charge in [-0.2, -0.15) is 24.0 Å². The summed E-state index contributed by atoms with van der Waals surface area (Å²) in [5, 5.41) is 11.2. The van der Waals surface area contributed by atoms with E-state index in [0.29, 0.717) is 0 Å². The van der Waals surface area contributed by atoms with Gasteiger partial charge in [-0.15, -0.1) is 0 Å². The van der Waals surface area contributed by atoms with Gasteiger partial charge < -0.3 is 23.7 Å². The third kappa shape index (κ3) is 29.3. The molecule has 0 spiro atoms. The standard InChI is InChI=1S/C70H82O25Si5/c1-11-43(6)96-55-26-16-48(17-27-55)61(71)86-91-66(76)81-38-36-53(40-83-68(78)93-88-63(73)50-20-30-57(31-21-50)98-45(8)13-3)60(42-85-70(80)95-90-65(75)52-24-34-59(35-25-52)100-47(10)15-5)54(41-84-69(79)94-89-64(74)51-22-32-58(33-23-51)99-46(9)14-4)37-39-82-67(77)92-87-62(72)49-18-28-56(29-19-49)97-44(7)12-2/h11-35,53-54,60H,36-42,96-100H2,1-10H3. The summed E-state index contributed by atoms with van der Waals surface area (Å²) >= 11 is 0. The van der Waals surface area contributed by atoms with Crippen LogP contribution in [-0.4, -0.2) is 141 Å². The van der Waals surface area contributed by atoms with E-state index in [-0.39, 0.29) is 27.8 Å². The number of carbonyl (C=O) groups excluding carboxylic acids is 10. The van der Waals surface area contributed by atoms with Crippen LogP contribution in [0.15, 0.2) is 178 Å². The number of rotatable bonds is 29. The second kappa shape index (κ2) is 43.1. The van der Waals surface area contributed by atoms with Crippen LogP contribution < -0.4 is 25.9 Å². The molecule has 0 radical (unpaired) electrons. The molecule has 5 rings (SSSR count). The summed E-state index contributed by atoms with van der Waals surface area (Å²) in [7, 11) is -3.93. The van der Waals surface area contributed by atoms with Crippen LogP contribution in [0, 0.1) is 17.8 Å². The minimum atomic E-state index is -1.62. The second-order valence-corrected chi connectivity index (χ2v) is 34.4. The maximum absolute atomic E-state index is 13.5. The molecule has 25 nitrogen and oxygen atoms in total. The number of hydrogen-bond acceptors (Lipinski definition) is 25. The number of allylic oxidation sites excluding steroid dienone is 10. The Kier molecular flexibility index (Phi) is 34.6. The third-order valence-electron chi connectivity index (χ3n) is 15.6. The molecule has 0 saturated heterocycles. The first-order valence-electron chi connectivity index (χ1n) is 31.8. The molecule has 0 bridgehead atoms. The van der Waals surface area contributed by atoms with E-state index >= 15 is 0 Å². The maximum atomic E-state index is 13.5. The Bertz CT molecular complexity index is 3560. The Morgan fingerprint density at radius 3 is 0.670 bits per heavy atom. The van der Waals surface area contributed by atoms with Gasteiger partial charge in [0.15, 0.2) is 0 Å². The Morgan fingerprint density at radius 1 is 0.280 bits per heavy atom. The molecule has 0 amide bonds. The molecule has 2 unspecified atom stereocenters. The Balaban J connectivity index is 1.44.